The summed E-state index contributed by atoms with van der Waals surface area (Å²) in [5.74, 6) is -1.02. The lowest BCUT2D eigenvalue weighted by Crippen LogP contribution is -2.24. The number of fused-ring (bicyclic) bond motifs is 1. The van der Waals surface area contributed by atoms with Crippen molar-refractivity contribution in [1.29, 1.82) is 0 Å². The molecule has 0 spiro atoms. The van der Waals surface area contributed by atoms with Gasteiger partial charge in [-0.1, -0.05) is 0 Å². The van der Waals surface area contributed by atoms with Gasteiger partial charge in [0.15, 0.2) is 0 Å². The summed E-state index contributed by atoms with van der Waals surface area (Å²) in [7, 11) is 0. The van der Waals surface area contributed by atoms with E-state index >= 15 is 0 Å². The van der Waals surface area contributed by atoms with Gasteiger partial charge >= 0.3 is 5.97 Å². The highest BCUT2D eigenvalue weighted by atomic mass is 16.4. The topological polar surface area (TPSA) is 87.1 Å². The number of hydrogen-bond donors (Lipinski definition) is 3. The Morgan fingerprint density at radius 2 is 2.31 bits per heavy atom. The number of hydrogen-bond acceptors (Lipinski definition) is 3. The second-order valence-electron chi connectivity index (χ2n) is 2.96. The molecule has 0 saturated heterocycles. The average Bonchev–Trinajstić information content (AvgIpc) is 2.56. The second-order valence-corrected chi connectivity index (χ2v) is 2.96. The van der Waals surface area contributed by atoms with Crippen LogP contribution in [0.2, 0.25) is 0 Å². The molecule has 2 rings (SSSR count). The molecule has 1 aliphatic rings. The Morgan fingerprint density at radius 3 is 2.92 bits per heavy atom. The molecule has 70 valence electrons. The van der Waals surface area contributed by atoms with Crippen molar-refractivity contribution in [3.63, 3.8) is 0 Å². The fraction of sp³-hybridized carbons (Fsp3) is 0.429. The van der Waals surface area contributed by atoms with Crippen LogP contribution in [0.4, 0.5) is 0 Å². The summed E-state index contributed by atoms with van der Waals surface area (Å²) >= 11 is 0. The van der Waals surface area contributed by atoms with E-state index in [2.05, 4.69) is 10.4 Å². The van der Waals surface area contributed by atoms with Gasteiger partial charge in [0, 0.05) is 13.1 Å². The maximum absolute atomic E-state index is 11.4. The number of nitrogens with one attached hydrogen (secondary N) is 2. The van der Waals surface area contributed by atoms with E-state index in [0.29, 0.717) is 18.7 Å². The quantitative estimate of drug-likeness (QED) is 0.541. The van der Waals surface area contributed by atoms with Gasteiger partial charge in [-0.15, -0.1) is 0 Å². The first kappa shape index (κ1) is 8.06. The van der Waals surface area contributed by atoms with E-state index in [9.17, 15) is 9.59 Å². The predicted molar refractivity (Wildman–Crippen MR) is 43.2 cm³/mol. The third kappa shape index (κ3) is 1.25. The Labute approximate surface area is 73.2 Å². The molecule has 0 amide bonds. The van der Waals surface area contributed by atoms with Gasteiger partial charge in [0.25, 0.3) is 5.56 Å². The van der Waals surface area contributed by atoms with Gasteiger partial charge in [0.2, 0.25) is 0 Å². The van der Waals surface area contributed by atoms with Crippen molar-refractivity contribution in [2.45, 2.75) is 19.6 Å². The summed E-state index contributed by atoms with van der Waals surface area (Å²) in [6.07, 6.45) is 0. The maximum atomic E-state index is 11.4. The van der Waals surface area contributed by atoms with Crippen LogP contribution < -0.4 is 10.9 Å². The van der Waals surface area contributed by atoms with Gasteiger partial charge in [-0.2, -0.15) is 0 Å². The summed E-state index contributed by atoms with van der Waals surface area (Å²) in [5, 5.41) is 14.2. The lowest BCUT2D eigenvalue weighted by Gasteiger charge is -1.96. The average molecular weight is 183 g/mol. The fourth-order valence-electron chi connectivity index (χ4n) is 1.46. The monoisotopic (exact) mass is 183 g/mol. The molecule has 0 fully saturated rings. The second kappa shape index (κ2) is 2.74. The number of aliphatic carboxylic acids is 1. The molecule has 1 aromatic rings. The molecule has 0 aromatic carbocycles. The molecule has 2 heterocycles. The standard InChI is InChI=1S/C7H9N3O3/c11-6(12)3-10-7(13)4-1-8-2-5(4)9-10/h8-9H,1-3H2,(H,11,12). The van der Waals surface area contributed by atoms with Crippen LogP contribution in [0.25, 0.3) is 0 Å². The molecular weight excluding hydrogens is 174 g/mol. The fourth-order valence-corrected chi connectivity index (χ4v) is 1.46. The van der Waals surface area contributed by atoms with Crippen LogP contribution in [-0.4, -0.2) is 20.9 Å². The molecular formula is C7H9N3O3. The smallest absolute Gasteiger partial charge is 0.325 e. The predicted octanol–water partition coefficient (Wildman–Crippen LogP) is -1.14. The zero-order valence-electron chi connectivity index (χ0n) is 6.83. The highest BCUT2D eigenvalue weighted by Gasteiger charge is 2.19. The zero-order valence-corrected chi connectivity index (χ0v) is 6.83. The minimum atomic E-state index is -1.02. The molecule has 13 heavy (non-hydrogen) atoms. The van der Waals surface area contributed by atoms with Crippen LogP contribution in [0.1, 0.15) is 11.3 Å². The van der Waals surface area contributed by atoms with Crippen LogP contribution in [0.15, 0.2) is 4.79 Å². The first-order valence-electron chi connectivity index (χ1n) is 3.91. The molecule has 0 radical (unpaired) electrons. The lowest BCUT2D eigenvalue weighted by molar-refractivity contribution is -0.137. The normalized spacial score (nSPS) is 14.5. The van der Waals surface area contributed by atoms with Crippen LogP contribution in [0, 0.1) is 0 Å². The number of rotatable bonds is 2. The zero-order chi connectivity index (χ0) is 9.42. The van der Waals surface area contributed by atoms with Gasteiger partial charge in [0.05, 0.1) is 11.3 Å². The summed E-state index contributed by atoms with van der Waals surface area (Å²) in [5.41, 5.74) is 1.22. The first-order chi connectivity index (χ1) is 6.18. The van der Waals surface area contributed by atoms with Crippen molar-refractivity contribution in [2.24, 2.45) is 0 Å². The SMILES string of the molecule is O=C(O)Cn1[nH]c2c(c1=O)CNC2. The Morgan fingerprint density at radius 1 is 1.54 bits per heavy atom. The van der Waals surface area contributed by atoms with Crippen molar-refractivity contribution < 1.29 is 9.90 Å². The van der Waals surface area contributed by atoms with Crippen LogP contribution >= 0.6 is 0 Å². The molecule has 0 unspecified atom stereocenters. The number of carboxylic acids is 1. The molecule has 0 saturated carbocycles. The Balaban J connectivity index is 2.39. The highest BCUT2D eigenvalue weighted by molar-refractivity contribution is 5.66. The van der Waals surface area contributed by atoms with E-state index in [1.54, 1.807) is 0 Å². The molecule has 0 bridgehead atoms. The molecule has 6 nitrogen and oxygen atoms in total. The highest BCUT2D eigenvalue weighted by Crippen LogP contribution is 2.07. The van der Waals surface area contributed by atoms with Crippen molar-refractivity contribution in [3.8, 4) is 0 Å². The lowest BCUT2D eigenvalue weighted by atomic mass is 10.3. The van der Waals surface area contributed by atoms with E-state index < -0.39 is 5.97 Å². The van der Waals surface area contributed by atoms with Crippen molar-refractivity contribution >= 4 is 5.97 Å². The number of aromatic nitrogens is 2. The minimum absolute atomic E-state index is 0.234. The van der Waals surface area contributed by atoms with Crippen molar-refractivity contribution in [2.75, 3.05) is 0 Å². The van der Waals surface area contributed by atoms with E-state index in [1.807, 2.05) is 0 Å². The Kier molecular flexibility index (Phi) is 1.70. The number of nitrogens with zero attached hydrogens (tertiary/aromatic N) is 1. The number of H-pyrrole nitrogens is 1. The largest absolute Gasteiger partial charge is 0.480 e. The first-order valence-corrected chi connectivity index (χ1v) is 3.91. The minimum Gasteiger partial charge on any atom is -0.480 e. The van der Waals surface area contributed by atoms with E-state index in [0.717, 1.165) is 10.4 Å². The summed E-state index contributed by atoms with van der Waals surface area (Å²) in [4.78, 5) is 21.8. The van der Waals surface area contributed by atoms with Gasteiger partial charge in [-0.3, -0.25) is 14.7 Å². The van der Waals surface area contributed by atoms with Crippen LogP contribution in [0.5, 0.6) is 0 Å². The molecule has 1 aromatic heterocycles. The Hall–Kier alpha value is -1.56. The number of carboxylic acid groups (broad SMARTS) is 1. The number of carbonyl (C=O) groups is 1. The van der Waals surface area contributed by atoms with Gasteiger partial charge in [0.1, 0.15) is 6.54 Å². The third-order valence-corrected chi connectivity index (χ3v) is 2.03. The van der Waals surface area contributed by atoms with Crippen LogP contribution in [-0.2, 0) is 24.4 Å². The summed E-state index contributed by atoms with van der Waals surface area (Å²) in [6.45, 7) is 0.834. The van der Waals surface area contributed by atoms with Gasteiger partial charge in [-0.25, -0.2) is 4.68 Å². The Bertz CT molecular complexity index is 404. The van der Waals surface area contributed by atoms with Gasteiger partial charge < -0.3 is 10.4 Å². The molecule has 0 atom stereocenters. The summed E-state index contributed by atoms with van der Waals surface area (Å²) in [6, 6.07) is 0. The third-order valence-electron chi connectivity index (χ3n) is 2.03. The molecule has 0 aliphatic carbocycles. The molecule has 6 heteroatoms. The molecule has 1 aliphatic heterocycles. The maximum Gasteiger partial charge on any atom is 0.325 e. The van der Waals surface area contributed by atoms with Crippen LogP contribution in [0.3, 0.4) is 0 Å². The van der Waals surface area contributed by atoms with Gasteiger partial charge in [-0.05, 0) is 0 Å². The van der Waals surface area contributed by atoms with E-state index in [1.165, 1.54) is 0 Å². The number of aromatic amines is 1. The van der Waals surface area contributed by atoms with Crippen molar-refractivity contribution in [3.05, 3.63) is 21.6 Å². The molecule has 3 N–H and O–H groups in total. The summed E-state index contributed by atoms with van der Waals surface area (Å²) < 4.78 is 1.12. The van der Waals surface area contributed by atoms with E-state index in [-0.39, 0.29) is 12.1 Å². The van der Waals surface area contributed by atoms with E-state index in [4.69, 9.17) is 5.11 Å². The van der Waals surface area contributed by atoms with Crippen molar-refractivity contribution in [1.82, 2.24) is 15.1 Å².